The van der Waals surface area contributed by atoms with E-state index in [1.165, 1.54) is 14.2 Å². The maximum atomic E-state index is 12.7. The van der Waals surface area contributed by atoms with Crippen molar-refractivity contribution in [3.05, 3.63) is 23.8 Å². The highest BCUT2D eigenvalue weighted by Crippen LogP contribution is 2.22. The third-order valence-electron chi connectivity index (χ3n) is 4.45. The van der Waals surface area contributed by atoms with Gasteiger partial charge in [0.1, 0.15) is 23.6 Å². The van der Waals surface area contributed by atoms with Crippen molar-refractivity contribution in [1.29, 1.82) is 0 Å². The number of piperidine rings is 1. The molecule has 1 aliphatic heterocycles. The summed E-state index contributed by atoms with van der Waals surface area (Å²) in [7, 11) is 2.99. The molecular formula is C19H27N3O5. The molecule has 2 rings (SSSR count). The Morgan fingerprint density at radius 2 is 1.78 bits per heavy atom. The summed E-state index contributed by atoms with van der Waals surface area (Å²) in [5.41, 5.74) is 0.319. The van der Waals surface area contributed by atoms with Gasteiger partial charge in [0, 0.05) is 18.2 Å². The van der Waals surface area contributed by atoms with Gasteiger partial charge in [0.15, 0.2) is 0 Å². The van der Waals surface area contributed by atoms with Crippen molar-refractivity contribution in [3.63, 3.8) is 0 Å². The number of amides is 3. The van der Waals surface area contributed by atoms with Crippen molar-refractivity contribution < 1.29 is 23.9 Å². The lowest BCUT2D eigenvalue weighted by Crippen LogP contribution is -2.56. The van der Waals surface area contributed by atoms with Gasteiger partial charge in [-0.1, -0.05) is 13.8 Å². The molecule has 0 aliphatic carbocycles. The molecule has 0 bridgehead atoms. The predicted molar refractivity (Wildman–Crippen MR) is 99.8 cm³/mol. The molecule has 1 fully saturated rings. The number of ether oxygens (including phenoxy) is 2. The number of carbonyl (C=O) groups is 3. The highest BCUT2D eigenvalue weighted by Gasteiger charge is 2.30. The van der Waals surface area contributed by atoms with E-state index < -0.39 is 18.0 Å². The number of rotatable bonds is 7. The lowest BCUT2D eigenvalue weighted by atomic mass is 10.0. The van der Waals surface area contributed by atoms with Crippen molar-refractivity contribution >= 4 is 17.7 Å². The minimum Gasteiger partial charge on any atom is -0.497 e. The third-order valence-corrected chi connectivity index (χ3v) is 4.45. The zero-order chi connectivity index (χ0) is 20.0. The Morgan fingerprint density at radius 1 is 1.15 bits per heavy atom. The summed E-state index contributed by atoms with van der Waals surface area (Å²) >= 11 is 0. The number of hydrogen-bond donors (Lipinski definition) is 3. The first-order valence-corrected chi connectivity index (χ1v) is 8.97. The van der Waals surface area contributed by atoms with Crippen molar-refractivity contribution in [1.82, 2.24) is 16.0 Å². The molecule has 148 valence electrons. The van der Waals surface area contributed by atoms with Crippen LogP contribution in [0.3, 0.4) is 0 Å². The molecule has 0 radical (unpaired) electrons. The quantitative estimate of drug-likeness (QED) is 0.653. The van der Waals surface area contributed by atoms with Crippen LogP contribution in [-0.4, -0.2) is 50.6 Å². The van der Waals surface area contributed by atoms with E-state index in [0.29, 0.717) is 30.0 Å². The van der Waals surface area contributed by atoms with Crippen LogP contribution in [0.4, 0.5) is 0 Å². The number of carbonyl (C=O) groups excluding carboxylic acids is 3. The van der Waals surface area contributed by atoms with Gasteiger partial charge in [0.25, 0.3) is 5.91 Å². The van der Waals surface area contributed by atoms with Gasteiger partial charge in [-0.2, -0.15) is 0 Å². The highest BCUT2D eigenvalue weighted by molar-refractivity contribution is 5.99. The monoisotopic (exact) mass is 377 g/mol. The molecule has 1 saturated heterocycles. The van der Waals surface area contributed by atoms with E-state index in [1.54, 1.807) is 18.2 Å². The Morgan fingerprint density at radius 3 is 2.30 bits per heavy atom. The van der Waals surface area contributed by atoms with E-state index in [4.69, 9.17) is 9.47 Å². The molecule has 0 aromatic heterocycles. The molecule has 8 heteroatoms. The lowest BCUT2D eigenvalue weighted by molar-refractivity contribution is -0.131. The van der Waals surface area contributed by atoms with Gasteiger partial charge in [-0.15, -0.1) is 0 Å². The Bertz CT molecular complexity index is 682. The third kappa shape index (κ3) is 5.35. The van der Waals surface area contributed by atoms with Gasteiger partial charge in [0.05, 0.1) is 14.2 Å². The largest absolute Gasteiger partial charge is 0.497 e. The number of methoxy groups -OCH3 is 2. The van der Waals surface area contributed by atoms with E-state index in [2.05, 4.69) is 16.0 Å². The fourth-order valence-electron chi connectivity index (χ4n) is 2.87. The topological polar surface area (TPSA) is 106 Å². The minimum atomic E-state index is -0.774. The molecule has 3 N–H and O–H groups in total. The summed E-state index contributed by atoms with van der Waals surface area (Å²) in [6.45, 7) is 4.28. The smallest absolute Gasteiger partial charge is 0.252 e. The van der Waals surface area contributed by atoms with Gasteiger partial charge in [-0.05, 0) is 30.9 Å². The summed E-state index contributed by atoms with van der Waals surface area (Å²) in [5.74, 6) is -0.202. The molecule has 0 saturated carbocycles. The SMILES string of the molecule is COc1cc(OC)cc(C(=O)NC(C(=O)NC2CCCNC2=O)C(C)C)c1. The first kappa shape index (κ1) is 20.5. The first-order chi connectivity index (χ1) is 12.8. The average Bonchev–Trinajstić information content (AvgIpc) is 2.66. The second-order valence-electron chi connectivity index (χ2n) is 6.79. The summed E-state index contributed by atoms with van der Waals surface area (Å²) in [4.78, 5) is 37.2. The van der Waals surface area contributed by atoms with E-state index in [0.717, 1.165) is 6.42 Å². The maximum absolute atomic E-state index is 12.7. The molecule has 8 nitrogen and oxygen atoms in total. The van der Waals surface area contributed by atoms with Gasteiger partial charge in [0.2, 0.25) is 11.8 Å². The lowest BCUT2D eigenvalue weighted by Gasteiger charge is -2.27. The highest BCUT2D eigenvalue weighted by atomic mass is 16.5. The number of hydrogen-bond acceptors (Lipinski definition) is 5. The minimum absolute atomic E-state index is 0.159. The van der Waals surface area contributed by atoms with Gasteiger partial charge in [-0.25, -0.2) is 0 Å². The van der Waals surface area contributed by atoms with Crippen LogP contribution in [0.15, 0.2) is 18.2 Å². The molecule has 1 aromatic carbocycles. The molecule has 1 aromatic rings. The van der Waals surface area contributed by atoms with E-state index in [-0.39, 0.29) is 17.7 Å². The second kappa shape index (κ2) is 9.25. The molecular weight excluding hydrogens is 350 g/mol. The molecule has 1 heterocycles. The van der Waals surface area contributed by atoms with Crippen LogP contribution in [0.25, 0.3) is 0 Å². The van der Waals surface area contributed by atoms with Crippen LogP contribution in [0.5, 0.6) is 11.5 Å². The van der Waals surface area contributed by atoms with Crippen LogP contribution in [0.1, 0.15) is 37.0 Å². The standard InChI is InChI=1S/C19H27N3O5/c1-11(2)16(19(25)21-15-6-5-7-20-18(15)24)22-17(23)12-8-13(26-3)10-14(9-12)27-4/h8-11,15-16H,5-7H2,1-4H3,(H,20,24)(H,21,25)(H,22,23). The molecule has 1 aliphatic rings. The normalized spacial score (nSPS) is 17.7. The van der Waals surface area contributed by atoms with Crippen LogP contribution < -0.4 is 25.4 Å². The van der Waals surface area contributed by atoms with Crippen molar-refractivity contribution in [2.24, 2.45) is 5.92 Å². The van der Waals surface area contributed by atoms with Gasteiger partial charge < -0.3 is 25.4 Å². The van der Waals surface area contributed by atoms with Crippen LogP contribution in [0.2, 0.25) is 0 Å². The summed E-state index contributed by atoms with van der Waals surface area (Å²) < 4.78 is 10.4. The maximum Gasteiger partial charge on any atom is 0.252 e. The number of benzene rings is 1. The summed E-state index contributed by atoms with van der Waals surface area (Å²) in [5, 5.41) is 8.21. The molecule has 27 heavy (non-hydrogen) atoms. The molecule has 2 atom stereocenters. The van der Waals surface area contributed by atoms with Gasteiger partial charge in [-0.3, -0.25) is 14.4 Å². The number of nitrogens with one attached hydrogen (secondary N) is 3. The van der Waals surface area contributed by atoms with Gasteiger partial charge >= 0.3 is 0 Å². The zero-order valence-electron chi connectivity index (χ0n) is 16.1. The van der Waals surface area contributed by atoms with Crippen molar-refractivity contribution in [2.75, 3.05) is 20.8 Å². The average molecular weight is 377 g/mol. The van der Waals surface area contributed by atoms with Crippen LogP contribution in [0, 0.1) is 5.92 Å². The summed E-state index contributed by atoms with van der Waals surface area (Å²) in [6, 6.07) is 3.46. The van der Waals surface area contributed by atoms with Crippen molar-refractivity contribution in [3.8, 4) is 11.5 Å². The first-order valence-electron chi connectivity index (χ1n) is 8.97. The second-order valence-corrected chi connectivity index (χ2v) is 6.79. The van der Waals surface area contributed by atoms with Crippen molar-refractivity contribution in [2.45, 2.75) is 38.8 Å². The van der Waals surface area contributed by atoms with Crippen LogP contribution in [-0.2, 0) is 9.59 Å². The zero-order valence-corrected chi connectivity index (χ0v) is 16.1. The van der Waals surface area contributed by atoms with E-state index in [9.17, 15) is 14.4 Å². The Hall–Kier alpha value is -2.77. The summed E-state index contributed by atoms with van der Waals surface area (Å²) in [6.07, 6.45) is 1.39. The van der Waals surface area contributed by atoms with E-state index in [1.807, 2.05) is 13.8 Å². The molecule has 2 unspecified atom stereocenters. The Kier molecular flexibility index (Phi) is 7.04. The predicted octanol–water partition coefficient (Wildman–Crippen LogP) is 0.853. The Labute approximate surface area is 159 Å². The fourth-order valence-corrected chi connectivity index (χ4v) is 2.87. The van der Waals surface area contributed by atoms with Crippen LogP contribution >= 0.6 is 0 Å². The Balaban J connectivity index is 2.11. The molecule has 3 amide bonds. The molecule has 0 spiro atoms. The fraction of sp³-hybridized carbons (Fsp3) is 0.526. The van der Waals surface area contributed by atoms with E-state index >= 15 is 0 Å².